The molecule has 0 saturated carbocycles. The topological polar surface area (TPSA) is 51.0 Å². The molecule has 1 N–H and O–H groups in total. The Morgan fingerprint density at radius 3 is 2.43 bits per heavy atom. The summed E-state index contributed by atoms with van der Waals surface area (Å²) in [5, 5.41) is 8.39. The van der Waals surface area contributed by atoms with Gasteiger partial charge in [-0.15, -0.1) is 0 Å². The normalized spacial score (nSPS) is 12.9. The fourth-order valence-electron chi connectivity index (χ4n) is 2.22. The second-order valence-electron chi connectivity index (χ2n) is 5.49. The van der Waals surface area contributed by atoms with Crippen LogP contribution in [0.5, 0.6) is 0 Å². The number of aromatic nitrogens is 2. The molecule has 114 valence electrons. The summed E-state index contributed by atoms with van der Waals surface area (Å²) in [6.07, 6.45) is 1.76. The van der Waals surface area contributed by atoms with Gasteiger partial charge in [0.25, 0.3) is 0 Å². The first kappa shape index (κ1) is 16.3. The third kappa shape index (κ3) is 4.70. The van der Waals surface area contributed by atoms with Crippen molar-refractivity contribution in [1.29, 1.82) is 0 Å². The Balaban J connectivity index is 2.13. The van der Waals surface area contributed by atoms with Gasteiger partial charge in [-0.25, -0.2) is 0 Å². The third-order valence-electron chi connectivity index (χ3n) is 3.17. The molecule has 0 radical (unpaired) electrons. The fraction of sp³-hybridized carbons (Fsp3) is 0.467. The molecule has 2 aromatic rings. The van der Waals surface area contributed by atoms with Gasteiger partial charge in [0.15, 0.2) is 0 Å². The van der Waals surface area contributed by atoms with Gasteiger partial charge in [-0.2, -0.15) is 4.98 Å². The Morgan fingerprint density at radius 2 is 1.86 bits per heavy atom. The Morgan fingerprint density at radius 1 is 1.19 bits per heavy atom. The predicted octanol–water partition coefficient (Wildman–Crippen LogP) is 4.22. The van der Waals surface area contributed by atoms with Crippen LogP contribution < -0.4 is 5.32 Å². The minimum Gasteiger partial charge on any atom is -0.339 e. The monoisotopic (exact) mass is 327 g/mol. The maximum absolute atomic E-state index is 5.99. The summed E-state index contributed by atoms with van der Waals surface area (Å²) in [5.74, 6) is 1.73. The number of hydrogen-bond acceptors (Lipinski definition) is 4. The van der Waals surface area contributed by atoms with Gasteiger partial charge in [-0.05, 0) is 37.6 Å². The van der Waals surface area contributed by atoms with Gasteiger partial charge in [-0.1, -0.05) is 42.2 Å². The summed E-state index contributed by atoms with van der Waals surface area (Å²) < 4.78 is 5.33. The predicted molar refractivity (Wildman–Crippen MR) is 85.8 cm³/mol. The van der Waals surface area contributed by atoms with E-state index in [-0.39, 0.29) is 0 Å². The van der Waals surface area contributed by atoms with E-state index in [0.717, 1.165) is 12.0 Å². The second-order valence-corrected chi connectivity index (χ2v) is 6.36. The molecule has 1 aromatic heterocycles. The summed E-state index contributed by atoms with van der Waals surface area (Å²) >= 11 is 12.0. The molecular formula is C15H19Cl2N3O. The van der Waals surface area contributed by atoms with Gasteiger partial charge in [0.1, 0.15) is 0 Å². The molecule has 1 aromatic carbocycles. The van der Waals surface area contributed by atoms with Crippen LogP contribution in [0.1, 0.15) is 26.2 Å². The Bertz CT molecular complexity index is 578. The van der Waals surface area contributed by atoms with Gasteiger partial charge in [0.2, 0.25) is 11.7 Å². The molecule has 6 heteroatoms. The molecule has 0 aliphatic heterocycles. The van der Waals surface area contributed by atoms with Crippen molar-refractivity contribution >= 4 is 23.2 Å². The lowest BCUT2D eigenvalue weighted by Gasteiger charge is -2.15. The maximum atomic E-state index is 5.99. The Labute approximate surface area is 134 Å². The molecule has 1 unspecified atom stereocenters. The number of rotatable bonds is 6. The molecule has 0 spiro atoms. The van der Waals surface area contributed by atoms with E-state index >= 15 is 0 Å². The van der Waals surface area contributed by atoms with Crippen LogP contribution in [-0.4, -0.2) is 23.2 Å². The number of hydrogen-bond donors (Lipinski definition) is 1. The van der Waals surface area contributed by atoms with E-state index in [1.807, 2.05) is 7.05 Å². The number of nitrogens with zero attached hydrogens (tertiary/aromatic N) is 2. The molecule has 0 saturated heterocycles. The molecular weight excluding hydrogens is 309 g/mol. The van der Waals surface area contributed by atoms with Crippen LogP contribution in [-0.2, 0) is 6.42 Å². The van der Waals surface area contributed by atoms with Crippen molar-refractivity contribution in [1.82, 2.24) is 15.5 Å². The van der Waals surface area contributed by atoms with Gasteiger partial charge in [0.05, 0.1) is 0 Å². The molecule has 4 nitrogen and oxygen atoms in total. The number of benzene rings is 1. The van der Waals surface area contributed by atoms with Crippen LogP contribution >= 0.6 is 23.2 Å². The molecule has 1 heterocycles. The molecule has 0 aliphatic carbocycles. The molecule has 1 atom stereocenters. The molecule has 0 fully saturated rings. The lowest BCUT2D eigenvalue weighted by molar-refractivity contribution is 0.345. The van der Waals surface area contributed by atoms with Crippen LogP contribution in [0.4, 0.5) is 0 Å². The zero-order valence-corrected chi connectivity index (χ0v) is 13.9. The minimum absolute atomic E-state index is 0.321. The highest BCUT2D eigenvalue weighted by Crippen LogP contribution is 2.25. The third-order valence-corrected chi connectivity index (χ3v) is 3.61. The van der Waals surface area contributed by atoms with E-state index in [9.17, 15) is 0 Å². The van der Waals surface area contributed by atoms with E-state index in [2.05, 4.69) is 29.3 Å². The van der Waals surface area contributed by atoms with Crippen molar-refractivity contribution < 1.29 is 4.52 Å². The van der Waals surface area contributed by atoms with E-state index in [1.54, 1.807) is 18.2 Å². The number of likely N-dealkylation sites (N-methyl/N-ethyl adjacent to an activating group) is 1. The second kappa shape index (κ2) is 7.25. The van der Waals surface area contributed by atoms with Crippen LogP contribution in [0, 0.1) is 5.92 Å². The quantitative estimate of drug-likeness (QED) is 0.862. The molecule has 21 heavy (non-hydrogen) atoms. The lowest BCUT2D eigenvalue weighted by atomic mass is 10.0. The largest absolute Gasteiger partial charge is 0.339 e. The molecule has 0 amide bonds. The molecule has 0 bridgehead atoms. The molecule has 0 aliphatic rings. The average molecular weight is 328 g/mol. The first-order valence-electron chi connectivity index (χ1n) is 6.94. The van der Waals surface area contributed by atoms with E-state index in [1.165, 1.54) is 0 Å². The first-order chi connectivity index (χ1) is 9.97. The van der Waals surface area contributed by atoms with Gasteiger partial charge in [-0.3, -0.25) is 0 Å². The highest BCUT2D eigenvalue weighted by molar-refractivity contribution is 6.35. The summed E-state index contributed by atoms with van der Waals surface area (Å²) in [4.78, 5) is 4.42. The average Bonchev–Trinajstić information content (AvgIpc) is 2.84. The van der Waals surface area contributed by atoms with Crippen molar-refractivity contribution in [2.75, 3.05) is 7.05 Å². The smallest absolute Gasteiger partial charge is 0.228 e. The van der Waals surface area contributed by atoms with Crippen molar-refractivity contribution in [2.45, 2.75) is 32.7 Å². The van der Waals surface area contributed by atoms with Crippen molar-refractivity contribution in [3.63, 3.8) is 0 Å². The SMILES string of the molecule is CNC(Cc1nc(-c2cc(Cl)cc(Cl)c2)no1)CC(C)C. The van der Waals surface area contributed by atoms with Crippen molar-refractivity contribution in [3.8, 4) is 11.4 Å². The van der Waals surface area contributed by atoms with Gasteiger partial charge in [0, 0.05) is 28.1 Å². The lowest BCUT2D eigenvalue weighted by Crippen LogP contribution is -2.29. The van der Waals surface area contributed by atoms with Crippen LogP contribution in [0.3, 0.4) is 0 Å². The summed E-state index contributed by atoms with van der Waals surface area (Å²) in [5.41, 5.74) is 0.757. The number of nitrogens with one attached hydrogen (secondary N) is 1. The first-order valence-corrected chi connectivity index (χ1v) is 7.70. The standard InChI is InChI=1S/C15H19Cl2N3O/c1-9(2)4-13(18-3)8-14-19-15(20-21-14)10-5-11(16)7-12(17)6-10/h5-7,9,13,18H,4,8H2,1-3H3. The minimum atomic E-state index is 0.321. The van der Waals surface area contributed by atoms with E-state index in [4.69, 9.17) is 27.7 Å². The number of halogens is 2. The van der Waals surface area contributed by atoms with E-state index < -0.39 is 0 Å². The highest BCUT2D eigenvalue weighted by atomic mass is 35.5. The zero-order valence-electron chi connectivity index (χ0n) is 12.4. The highest BCUT2D eigenvalue weighted by Gasteiger charge is 2.15. The Hall–Kier alpha value is -1.10. The Kier molecular flexibility index (Phi) is 5.62. The van der Waals surface area contributed by atoms with Crippen LogP contribution in [0.2, 0.25) is 10.0 Å². The summed E-state index contributed by atoms with van der Waals surface area (Å²) in [6.45, 7) is 4.38. The van der Waals surface area contributed by atoms with Crippen LogP contribution in [0.15, 0.2) is 22.7 Å². The summed E-state index contributed by atoms with van der Waals surface area (Å²) in [7, 11) is 1.95. The van der Waals surface area contributed by atoms with Crippen molar-refractivity contribution in [3.05, 3.63) is 34.1 Å². The fourth-order valence-corrected chi connectivity index (χ4v) is 2.75. The molecule has 2 rings (SSSR count). The van der Waals surface area contributed by atoms with Gasteiger partial charge < -0.3 is 9.84 Å². The zero-order chi connectivity index (χ0) is 15.4. The maximum Gasteiger partial charge on any atom is 0.228 e. The summed E-state index contributed by atoms with van der Waals surface area (Å²) in [6, 6.07) is 5.53. The van der Waals surface area contributed by atoms with Crippen LogP contribution in [0.25, 0.3) is 11.4 Å². The van der Waals surface area contributed by atoms with Crippen molar-refractivity contribution in [2.24, 2.45) is 5.92 Å². The van der Waals surface area contributed by atoms with E-state index in [0.29, 0.717) is 40.1 Å². The van der Waals surface area contributed by atoms with Gasteiger partial charge >= 0.3 is 0 Å².